The number of unbranched alkanes of at least 4 members (excludes halogenated alkanes) is 1. The lowest BCUT2D eigenvalue weighted by atomic mass is 10.1. The zero-order valence-corrected chi connectivity index (χ0v) is 9.51. The van der Waals surface area contributed by atoms with Gasteiger partial charge in [-0.1, -0.05) is 6.42 Å². The minimum Gasteiger partial charge on any atom is -0.330 e. The van der Waals surface area contributed by atoms with Crippen molar-refractivity contribution in [3.05, 3.63) is 0 Å². The standard InChI is InChI=1S/C8H18N2O.BrH/c1-7(11)8(10-2)5-3-4-6-9;/h8,10H,3-6,9H2,1-2H3;1H/t8-;/m1./s1. The van der Waals surface area contributed by atoms with Crippen LogP contribution in [-0.4, -0.2) is 25.4 Å². The van der Waals surface area contributed by atoms with E-state index >= 15 is 0 Å². The van der Waals surface area contributed by atoms with Gasteiger partial charge in [0.15, 0.2) is 0 Å². The lowest BCUT2D eigenvalue weighted by Crippen LogP contribution is -2.32. The predicted molar refractivity (Wildman–Crippen MR) is 56.8 cm³/mol. The zero-order valence-electron chi connectivity index (χ0n) is 7.80. The van der Waals surface area contributed by atoms with Gasteiger partial charge in [0.2, 0.25) is 0 Å². The van der Waals surface area contributed by atoms with Crippen LogP contribution in [0.2, 0.25) is 0 Å². The van der Waals surface area contributed by atoms with Crippen molar-refractivity contribution in [1.82, 2.24) is 5.32 Å². The Morgan fingerprint density at radius 3 is 2.42 bits per heavy atom. The van der Waals surface area contributed by atoms with Gasteiger partial charge in [-0.25, -0.2) is 0 Å². The molecule has 0 fully saturated rings. The van der Waals surface area contributed by atoms with Crippen molar-refractivity contribution in [2.24, 2.45) is 5.73 Å². The molecular formula is C8H19BrN2O. The molecule has 0 bridgehead atoms. The molecule has 0 aliphatic carbocycles. The molecule has 0 aliphatic heterocycles. The van der Waals surface area contributed by atoms with Crippen LogP contribution < -0.4 is 11.1 Å². The molecule has 3 N–H and O–H groups in total. The molecule has 4 heteroatoms. The number of likely N-dealkylation sites (N-methyl/N-ethyl adjacent to an activating group) is 1. The Morgan fingerprint density at radius 1 is 1.50 bits per heavy atom. The van der Waals surface area contributed by atoms with E-state index in [-0.39, 0.29) is 28.8 Å². The minimum absolute atomic E-state index is 0. The summed E-state index contributed by atoms with van der Waals surface area (Å²) in [5.74, 6) is 0.213. The first-order chi connectivity index (χ1) is 5.22. The molecule has 12 heavy (non-hydrogen) atoms. The van der Waals surface area contributed by atoms with E-state index in [0.717, 1.165) is 19.3 Å². The summed E-state index contributed by atoms with van der Waals surface area (Å²) in [6, 6.07) is 0.0292. The van der Waals surface area contributed by atoms with E-state index in [1.807, 2.05) is 7.05 Å². The highest BCUT2D eigenvalue weighted by atomic mass is 79.9. The normalized spacial score (nSPS) is 11.9. The zero-order chi connectivity index (χ0) is 8.69. The first kappa shape index (κ1) is 14.6. The van der Waals surface area contributed by atoms with Gasteiger partial charge in [0.25, 0.3) is 0 Å². The summed E-state index contributed by atoms with van der Waals surface area (Å²) >= 11 is 0. The van der Waals surface area contributed by atoms with Crippen molar-refractivity contribution in [2.75, 3.05) is 13.6 Å². The van der Waals surface area contributed by atoms with Gasteiger partial charge in [0.05, 0.1) is 6.04 Å². The van der Waals surface area contributed by atoms with Crippen LogP contribution >= 0.6 is 17.0 Å². The number of nitrogens with two attached hydrogens (primary N) is 1. The minimum atomic E-state index is 0. The van der Waals surface area contributed by atoms with Gasteiger partial charge in [-0.05, 0) is 33.4 Å². The molecule has 3 nitrogen and oxygen atoms in total. The van der Waals surface area contributed by atoms with Crippen LogP contribution in [0.1, 0.15) is 26.2 Å². The highest BCUT2D eigenvalue weighted by Crippen LogP contribution is 2.00. The Bertz CT molecular complexity index is 120. The summed E-state index contributed by atoms with van der Waals surface area (Å²) in [4.78, 5) is 10.9. The number of nitrogens with one attached hydrogen (secondary N) is 1. The lowest BCUT2D eigenvalue weighted by molar-refractivity contribution is -0.119. The molecule has 0 spiro atoms. The fourth-order valence-corrected chi connectivity index (χ4v) is 1.04. The number of ketones is 1. The van der Waals surface area contributed by atoms with Crippen LogP contribution in [0.25, 0.3) is 0 Å². The maximum absolute atomic E-state index is 10.9. The van der Waals surface area contributed by atoms with Crippen molar-refractivity contribution in [3.8, 4) is 0 Å². The van der Waals surface area contributed by atoms with Crippen molar-refractivity contribution in [3.63, 3.8) is 0 Å². The number of Topliss-reactive ketones (excluding diaryl/α,β-unsaturated/α-hetero) is 1. The van der Waals surface area contributed by atoms with Crippen molar-refractivity contribution < 1.29 is 4.79 Å². The third kappa shape index (κ3) is 6.76. The van der Waals surface area contributed by atoms with Crippen LogP contribution in [0.5, 0.6) is 0 Å². The second-order valence-corrected chi connectivity index (χ2v) is 2.74. The average molecular weight is 239 g/mol. The smallest absolute Gasteiger partial charge is 0.146 e. The van der Waals surface area contributed by atoms with Crippen molar-refractivity contribution >= 4 is 22.8 Å². The fourth-order valence-electron chi connectivity index (χ4n) is 1.04. The van der Waals surface area contributed by atoms with E-state index < -0.39 is 0 Å². The Balaban J connectivity index is 0. The average Bonchev–Trinajstić information content (AvgIpc) is 1.97. The first-order valence-corrected chi connectivity index (χ1v) is 4.10. The van der Waals surface area contributed by atoms with Gasteiger partial charge in [0, 0.05) is 0 Å². The number of hydrogen-bond acceptors (Lipinski definition) is 3. The van der Waals surface area contributed by atoms with Gasteiger partial charge in [-0.2, -0.15) is 0 Å². The summed E-state index contributed by atoms with van der Waals surface area (Å²) in [6.07, 6.45) is 2.94. The van der Waals surface area contributed by atoms with Gasteiger partial charge in [-0.15, -0.1) is 17.0 Å². The van der Waals surface area contributed by atoms with Gasteiger partial charge < -0.3 is 11.1 Å². The van der Waals surface area contributed by atoms with E-state index in [1.165, 1.54) is 0 Å². The van der Waals surface area contributed by atoms with E-state index in [9.17, 15) is 4.79 Å². The molecule has 0 rings (SSSR count). The maximum Gasteiger partial charge on any atom is 0.146 e. The molecular weight excluding hydrogens is 220 g/mol. The third-order valence-electron chi connectivity index (χ3n) is 1.79. The quantitative estimate of drug-likeness (QED) is 0.676. The molecule has 0 heterocycles. The number of halogens is 1. The van der Waals surface area contributed by atoms with Crippen LogP contribution in [0.3, 0.4) is 0 Å². The molecule has 0 aromatic heterocycles. The molecule has 0 aromatic carbocycles. The van der Waals surface area contributed by atoms with Gasteiger partial charge in [0.1, 0.15) is 5.78 Å². The molecule has 0 unspecified atom stereocenters. The summed E-state index contributed by atoms with van der Waals surface area (Å²) < 4.78 is 0. The topological polar surface area (TPSA) is 55.1 Å². The third-order valence-corrected chi connectivity index (χ3v) is 1.79. The van der Waals surface area contributed by atoms with E-state index in [4.69, 9.17) is 5.73 Å². The summed E-state index contributed by atoms with van der Waals surface area (Å²) in [5, 5.41) is 2.97. The van der Waals surface area contributed by atoms with Gasteiger partial charge in [-0.3, -0.25) is 4.79 Å². The monoisotopic (exact) mass is 238 g/mol. The van der Waals surface area contributed by atoms with E-state index in [2.05, 4.69) is 5.32 Å². The Labute approximate surface area is 84.9 Å². The fraction of sp³-hybridized carbons (Fsp3) is 0.875. The SMILES string of the molecule is Br.CN[C@H](CCCCN)C(C)=O. The molecule has 74 valence electrons. The van der Waals surface area contributed by atoms with E-state index in [1.54, 1.807) is 6.92 Å². The molecule has 0 saturated carbocycles. The van der Waals surface area contributed by atoms with E-state index in [0.29, 0.717) is 6.54 Å². The first-order valence-electron chi connectivity index (χ1n) is 4.10. The Kier molecular flexibility index (Phi) is 11.1. The van der Waals surface area contributed by atoms with Crippen LogP contribution in [0.15, 0.2) is 0 Å². The van der Waals surface area contributed by atoms with Crippen LogP contribution in [-0.2, 0) is 4.79 Å². The maximum atomic E-state index is 10.9. The second kappa shape index (κ2) is 9.16. The molecule has 0 amide bonds. The van der Waals surface area contributed by atoms with Crippen LogP contribution in [0, 0.1) is 0 Å². The summed E-state index contributed by atoms with van der Waals surface area (Å²) in [7, 11) is 1.81. The number of carbonyl (C=O) groups excluding carboxylic acids is 1. The summed E-state index contributed by atoms with van der Waals surface area (Å²) in [5.41, 5.74) is 5.33. The second-order valence-electron chi connectivity index (χ2n) is 2.74. The molecule has 0 aromatic rings. The molecule has 1 atom stereocenters. The van der Waals surface area contributed by atoms with Crippen LogP contribution in [0.4, 0.5) is 0 Å². The molecule has 0 aliphatic rings. The highest BCUT2D eigenvalue weighted by Gasteiger charge is 2.09. The Morgan fingerprint density at radius 2 is 2.08 bits per heavy atom. The largest absolute Gasteiger partial charge is 0.330 e. The molecule has 0 radical (unpaired) electrons. The lowest BCUT2D eigenvalue weighted by Gasteiger charge is -2.11. The number of rotatable bonds is 6. The predicted octanol–water partition coefficient (Wildman–Crippen LogP) is 0.870. The highest BCUT2D eigenvalue weighted by molar-refractivity contribution is 8.93. The molecule has 0 saturated heterocycles. The number of carbonyl (C=O) groups is 1. The number of hydrogen-bond donors (Lipinski definition) is 2. The van der Waals surface area contributed by atoms with Crippen molar-refractivity contribution in [2.45, 2.75) is 32.2 Å². The Hall–Kier alpha value is 0.0700. The van der Waals surface area contributed by atoms with Crippen molar-refractivity contribution in [1.29, 1.82) is 0 Å². The summed E-state index contributed by atoms with van der Waals surface area (Å²) in [6.45, 7) is 2.33. The van der Waals surface area contributed by atoms with Gasteiger partial charge >= 0.3 is 0 Å².